The number of pyridine rings is 1. The van der Waals surface area contributed by atoms with Gasteiger partial charge < -0.3 is 20.6 Å². The second kappa shape index (κ2) is 53.6. The van der Waals surface area contributed by atoms with E-state index in [9.17, 15) is 24.0 Å². The van der Waals surface area contributed by atoms with Crippen LogP contribution in [-0.4, -0.2) is 77.2 Å². The molecule has 3 heterocycles. The number of ketones is 2. The van der Waals surface area contributed by atoms with E-state index in [1.165, 1.54) is 77.8 Å². The number of aldehydes is 2. The van der Waals surface area contributed by atoms with Crippen LogP contribution in [0.1, 0.15) is 296 Å². The largest absolute Gasteiger partial charge is 0.346 e. The lowest BCUT2D eigenvalue weighted by atomic mass is 9.75. The molecular formula is C75H136N6O5S. The summed E-state index contributed by atoms with van der Waals surface area (Å²) in [5, 5.41) is 7.94. The Bertz CT molecular complexity index is 2250. The van der Waals surface area contributed by atoms with Crippen LogP contribution in [-0.2, 0) is 30.4 Å². The maximum absolute atomic E-state index is 12.6. The SMILES string of the molecule is CC.CC.CC.CC.CC(=O)C1CC1.CCC.CCC(C)(C)C/C(=C(\c1cccnc1C(C)C)C(C)C)c1cc(-c2csc(CC(C=O)NC(=O)C(C)C(C)C)n2)ccc1C.CCCC(=O)C[C@H](N)C1CC1.CCCC(C=O)CC.CN1CCCCN1. The summed E-state index contributed by atoms with van der Waals surface area (Å²) in [6.07, 6.45) is 20.3. The van der Waals surface area contributed by atoms with Crippen LogP contribution in [0, 0.1) is 47.8 Å². The molecule has 2 aromatic heterocycles. The smallest absolute Gasteiger partial charge is 0.223 e. The predicted octanol–water partition coefficient (Wildman–Crippen LogP) is 19.8. The number of amides is 1. The van der Waals surface area contributed by atoms with E-state index in [2.05, 4.69) is 142 Å². The Kier molecular flexibility index (Phi) is 54.9. The van der Waals surface area contributed by atoms with E-state index in [4.69, 9.17) is 15.7 Å². The number of nitrogens with two attached hydrogens (primary N) is 1. The molecule has 1 saturated heterocycles. The quantitative estimate of drug-likeness (QED) is 0.0735. The lowest BCUT2D eigenvalue weighted by Crippen LogP contribution is -2.41. The minimum atomic E-state index is -0.592. The zero-order chi connectivity index (χ0) is 67.8. The summed E-state index contributed by atoms with van der Waals surface area (Å²) in [5.74, 6) is 2.73. The first-order valence-corrected chi connectivity index (χ1v) is 35.4. The number of nitrogens with one attached hydrogen (secondary N) is 2. The molecule has 12 heteroatoms. The third-order valence-electron chi connectivity index (χ3n) is 15.0. The number of carbonyl (C=O) groups is 5. The molecule has 87 heavy (non-hydrogen) atoms. The van der Waals surface area contributed by atoms with Crippen LogP contribution in [0.4, 0.5) is 0 Å². The normalized spacial score (nSPS) is 14.8. The van der Waals surface area contributed by atoms with Crippen molar-refractivity contribution in [1.29, 1.82) is 0 Å². The van der Waals surface area contributed by atoms with Crippen molar-refractivity contribution in [2.24, 2.45) is 46.7 Å². The van der Waals surface area contributed by atoms with Gasteiger partial charge in [-0.05, 0) is 147 Å². The zero-order valence-corrected chi connectivity index (χ0v) is 61.8. The standard InChI is InChI=1S/C38H53N3O2S.C9H17NO.C7H14O.C5H12N2.C5H8O.C3H8.4C2H6/c1-12-38(10,11)20-32(35(24(4)5)30-14-13-17-39-36(30)25(6)7)31-18-28(16-15-26(31)8)33-22-44-34(41-33)19-29(21-42)40-37(43)27(9)23(2)3;1-2-3-8(11)6-9(10)7-4-5-7;1-3-5-7(4-2)6-8;1-7-5-3-2-4-6-7;1-4(6)5-2-3-5;1-3-2;4*1-2/h13-18,21-25,27,29H,12,19-20H2,1-11H3,(H,40,43);7,9H,2-6,10H2,1H3;6-7H,3-5H2,1-2H3;6H,2-5H2,1H3;5H,2-3H2,1H3;3H2,1-2H3;4*1-2H3/b35-32+;;;;;;;;;/t;9-;;;;;;;;/m.0......../s1. The van der Waals surface area contributed by atoms with Crippen molar-refractivity contribution in [1.82, 2.24) is 25.7 Å². The Balaban J connectivity index is -0.000000637. The van der Waals surface area contributed by atoms with Crippen LogP contribution >= 0.6 is 11.3 Å². The van der Waals surface area contributed by atoms with Crippen molar-refractivity contribution in [2.45, 2.75) is 294 Å². The molecule has 6 rings (SSSR count). The minimum absolute atomic E-state index is 0.0958. The number of thiazole rings is 1. The summed E-state index contributed by atoms with van der Waals surface area (Å²) in [6, 6.07) is 10.5. The highest BCUT2D eigenvalue weighted by atomic mass is 32.1. The fourth-order valence-corrected chi connectivity index (χ4v) is 9.70. The molecule has 3 unspecified atom stereocenters. The molecule has 1 aliphatic heterocycles. The Morgan fingerprint density at radius 2 is 1.44 bits per heavy atom. The van der Waals surface area contributed by atoms with Gasteiger partial charge in [0.25, 0.3) is 0 Å². The van der Waals surface area contributed by atoms with Gasteiger partial charge in [-0.3, -0.25) is 24.8 Å². The number of nitrogens with zero attached hydrogens (tertiary/aromatic N) is 3. The molecule has 3 aliphatic rings. The number of aryl methyl sites for hydroxylation is 1. The number of rotatable bonds is 24. The number of hydrogen-bond acceptors (Lipinski definition) is 11. The van der Waals surface area contributed by atoms with Crippen LogP contribution in [0.25, 0.3) is 22.4 Å². The highest BCUT2D eigenvalue weighted by molar-refractivity contribution is 7.10. The number of Topliss-reactive ketones (excluding diaryl/α,β-unsaturated/α-hetero) is 2. The summed E-state index contributed by atoms with van der Waals surface area (Å²) in [7, 11) is 2.08. The molecule has 0 spiro atoms. The molecule has 11 nitrogen and oxygen atoms in total. The number of carbonyl (C=O) groups excluding carboxylic acids is 5. The zero-order valence-electron chi connectivity index (χ0n) is 61.0. The Morgan fingerprint density at radius 1 is 0.839 bits per heavy atom. The number of aromatic nitrogens is 2. The molecule has 4 N–H and O–H groups in total. The molecule has 1 aromatic carbocycles. The number of benzene rings is 1. The van der Waals surface area contributed by atoms with Gasteiger partial charge in [-0.1, -0.05) is 197 Å². The van der Waals surface area contributed by atoms with Gasteiger partial charge in [0.15, 0.2) is 0 Å². The first-order chi connectivity index (χ1) is 41.4. The van der Waals surface area contributed by atoms with E-state index in [0.29, 0.717) is 60.4 Å². The summed E-state index contributed by atoms with van der Waals surface area (Å²) >= 11 is 1.53. The molecule has 3 fully saturated rings. The minimum Gasteiger partial charge on any atom is -0.346 e. The third kappa shape index (κ3) is 39.5. The Hall–Kier alpha value is -4.23. The van der Waals surface area contributed by atoms with Gasteiger partial charge in [0.2, 0.25) is 5.91 Å². The second-order valence-corrected chi connectivity index (χ2v) is 25.1. The van der Waals surface area contributed by atoms with Gasteiger partial charge in [-0.25, -0.2) is 9.99 Å². The summed E-state index contributed by atoms with van der Waals surface area (Å²) in [6.45, 7) is 54.6. The van der Waals surface area contributed by atoms with Crippen LogP contribution in [0.15, 0.2) is 41.9 Å². The van der Waals surface area contributed by atoms with E-state index in [1.807, 2.05) is 89.3 Å². The number of hydrogen-bond donors (Lipinski definition) is 3. The van der Waals surface area contributed by atoms with Crippen molar-refractivity contribution >= 4 is 52.5 Å². The van der Waals surface area contributed by atoms with Crippen molar-refractivity contribution in [2.75, 3.05) is 20.1 Å². The Morgan fingerprint density at radius 3 is 1.83 bits per heavy atom. The van der Waals surface area contributed by atoms with E-state index in [0.717, 1.165) is 92.4 Å². The maximum atomic E-state index is 12.6. The van der Waals surface area contributed by atoms with Gasteiger partial charge >= 0.3 is 0 Å². The highest BCUT2D eigenvalue weighted by Crippen LogP contribution is 2.44. The van der Waals surface area contributed by atoms with E-state index < -0.39 is 6.04 Å². The van der Waals surface area contributed by atoms with E-state index in [-0.39, 0.29) is 29.2 Å². The molecule has 2 saturated carbocycles. The monoisotopic (exact) mass is 1230 g/mol. The number of allylic oxidation sites excluding steroid dienone is 2. The maximum Gasteiger partial charge on any atom is 0.223 e. The molecular weight excluding hydrogens is 1100 g/mol. The lowest BCUT2D eigenvalue weighted by Gasteiger charge is -2.30. The molecule has 502 valence electrons. The van der Waals surface area contributed by atoms with Gasteiger partial charge in [-0.2, -0.15) is 0 Å². The average molecular weight is 1230 g/mol. The van der Waals surface area contributed by atoms with Crippen LogP contribution in [0.2, 0.25) is 0 Å². The molecule has 2 aliphatic carbocycles. The second-order valence-electron chi connectivity index (χ2n) is 24.2. The molecule has 0 radical (unpaired) electrons. The van der Waals surface area contributed by atoms with Crippen LogP contribution < -0.4 is 16.5 Å². The van der Waals surface area contributed by atoms with Crippen molar-refractivity contribution in [3.8, 4) is 11.3 Å². The number of hydrazine groups is 1. The topological polar surface area (TPSA) is 164 Å². The van der Waals surface area contributed by atoms with Gasteiger partial charge in [0.05, 0.1) is 22.4 Å². The van der Waals surface area contributed by atoms with Crippen LogP contribution in [0.5, 0.6) is 0 Å². The summed E-state index contributed by atoms with van der Waals surface area (Å²) in [5.41, 5.74) is 18.7. The first-order valence-electron chi connectivity index (χ1n) is 34.6. The van der Waals surface area contributed by atoms with E-state index in [1.54, 1.807) is 6.92 Å². The van der Waals surface area contributed by atoms with Crippen molar-refractivity contribution < 1.29 is 24.0 Å². The average Bonchev–Trinajstić information content (AvgIpc) is 2.25. The third-order valence-corrected chi connectivity index (χ3v) is 15.8. The van der Waals surface area contributed by atoms with Crippen molar-refractivity contribution in [3.63, 3.8) is 0 Å². The highest BCUT2D eigenvalue weighted by Gasteiger charge is 2.30. The van der Waals surface area contributed by atoms with Crippen molar-refractivity contribution in [3.05, 3.63) is 69.3 Å². The fraction of sp³-hybridized carbons (Fsp3) is 0.720. The van der Waals surface area contributed by atoms with Gasteiger partial charge in [0, 0.05) is 80.3 Å². The molecule has 3 aromatic rings. The predicted molar refractivity (Wildman–Crippen MR) is 381 cm³/mol. The molecule has 1 amide bonds. The molecule has 4 atom stereocenters. The Labute approximate surface area is 540 Å². The van der Waals surface area contributed by atoms with E-state index >= 15 is 0 Å². The first kappa shape index (κ1) is 89.2. The van der Waals surface area contributed by atoms with Gasteiger partial charge in [-0.15, -0.1) is 11.3 Å². The lowest BCUT2D eigenvalue weighted by molar-refractivity contribution is -0.128. The summed E-state index contributed by atoms with van der Waals surface area (Å²) in [4.78, 5) is 65.7. The van der Waals surface area contributed by atoms with Gasteiger partial charge in [0.1, 0.15) is 24.1 Å². The van der Waals surface area contributed by atoms with Crippen LogP contribution in [0.3, 0.4) is 0 Å². The molecule has 0 bridgehead atoms. The summed E-state index contributed by atoms with van der Waals surface area (Å²) < 4.78 is 0. The fourth-order valence-electron chi connectivity index (χ4n) is 8.84.